The maximum absolute atomic E-state index is 13.0. The lowest BCUT2D eigenvalue weighted by Crippen LogP contribution is -2.58. The molecule has 7 rings (SSSR count). The Morgan fingerprint density at radius 1 is 0.872 bits per heavy atom. The van der Waals surface area contributed by atoms with Crippen LogP contribution in [0.1, 0.15) is 88.7 Å². The summed E-state index contributed by atoms with van der Waals surface area (Å²) in [6.07, 6.45) is 14.5. The van der Waals surface area contributed by atoms with Gasteiger partial charge in [0, 0.05) is 11.6 Å². The predicted octanol–water partition coefficient (Wildman–Crippen LogP) is 6.12. The number of rotatable bonds is 9. The smallest absolute Gasteiger partial charge is 0.315 e. The average molecular weight is 530 g/mol. The van der Waals surface area contributed by atoms with Crippen molar-refractivity contribution in [1.82, 2.24) is 16.0 Å². The van der Waals surface area contributed by atoms with E-state index in [1.807, 2.05) is 67.6 Å². The maximum Gasteiger partial charge on any atom is 0.315 e. The largest absolute Gasteiger partial charge is 0.378 e. The van der Waals surface area contributed by atoms with Crippen molar-refractivity contribution in [2.24, 2.45) is 23.7 Å². The summed E-state index contributed by atoms with van der Waals surface area (Å²) in [5.74, 6) is 3.74. The molecule has 4 bridgehead atoms. The molecule has 2 aromatic carbocycles. The van der Waals surface area contributed by atoms with Crippen molar-refractivity contribution >= 4 is 6.03 Å². The minimum Gasteiger partial charge on any atom is -0.378 e. The first-order valence-electron chi connectivity index (χ1n) is 15.6. The number of hydrogen-bond acceptors (Lipinski definition) is 3. The lowest BCUT2D eigenvalue weighted by Gasteiger charge is -2.57. The Morgan fingerprint density at radius 3 is 1.90 bits per heavy atom. The highest BCUT2D eigenvalue weighted by atomic mass is 16.3. The number of urea groups is 1. The quantitative estimate of drug-likeness (QED) is 0.316. The van der Waals surface area contributed by atoms with Crippen LogP contribution < -0.4 is 16.0 Å². The van der Waals surface area contributed by atoms with Crippen LogP contribution in [-0.4, -0.2) is 35.3 Å². The van der Waals surface area contributed by atoms with Gasteiger partial charge in [-0.05, 0) is 119 Å². The summed E-state index contributed by atoms with van der Waals surface area (Å²) in [6, 6.07) is 18.8. The third kappa shape index (κ3) is 5.76. The second-order valence-electron chi connectivity index (χ2n) is 13.5. The molecule has 5 nitrogen and oxygen atoms in total. The number of carbonyl (C=O) groups is 1. The Labute approximate surface area is 234 Å². The van der Waals surface area contributed by atoms with Gasteiger partial charge in [0.05, 0.1) is 6.04 Å². The van der Waals surface area contributed by atoms with Gasteiger partial charge < -0.3 is 21.1 Å². The van der Waals surface area contributed by atoms with Crippen LogP contribution in [-0.2, 0) is 5.60 Å². The summed E-state index contributed by atoms with van der Waals surface area (Å²) in [4.78, 5) is 13.0. The van der Waals surface area contributed by atoms with Crippen LogP contribution in [0.2, 0.25) is 0 Å². The number of nitrogens with one attached hydrogen (secondary N) is 3. The van der Waals surface area contributed by atoms with Gasteiger partial charge in [0.25, 0.3) is 0 Å². The summed E-state index contributed by atoms with van der Waals surface area (Å²) in [5.41, 5.74) is 0.684. The third-order valence-electron chi connectivity index (χ3n) is 10.7. The molecule has 0 aliphatic heterocycles. The van der Waals surface area contributed by atoms with Crippen LogP contribution in [0, 0.1) is 23.7 Å². The highest BCUT2D eigenvalue weighted by Gasteiger charge is 2.50. The number of hydrogen-bond donors (Lipinski definition) is 4. The van der Waals surface area contributed by atoms with E-state index in [0.29, 0.717) is 5.54 Å². The molecular weight excluding hydrogens is 482 g/mol. The monoisotopic (exact) mass is 529 g/mol. The van der Waals surface area contributed by atoms with E-state index in [9.17, 15) is 9.90 Å². The van der Waals surface area contributed by atoms with E-state index in [4.69, 9.17) is 0 Å². The van der Waals surface area contributed by atoms with E-state index in [2.05, 4.69) is 16.0 Å². The molecule has 5 saturated carbocycles. The SMILES string of the molecule is C[C@H](NC(=O)NC1CCC(CCNC23CC4CC(CC(C4)C2)C3)CC1)C(O)(c1ccccc1)c1ccccc1. The summed E-state index contributed by atoms with van der Waals surface area (Å²) in [5, 5.41) is 22.3. The summed E-state index contributed by atoms with van der Waals surface area (Å²) < 4.78 is 0. The summed E-state index contributed by atoms with van der Waals surface area (Å²) >= 11 is 0. The zero-order valence-corrected chi connectivity index (χ0v) is 23.6. The van der Waals surface area contributed by atoms with Crippen molar-refractivity contribution in [3.05, 3.63) is 71.8 Å². The molecule has 4 N–H and O–H groups in total. The zero-order valence-electron chi connectivity index (χ0n) is 23.6. The van der Waals surface area contributed by atoms with E-state index in [1.165, 1.54) is 57.8 Å². The van der Waals surface area contributed by atoms with Gasteiger partial charge in [-0.2, -0.15) is 0 Å². The molecule has 2 amide bonds. The van der Waals surface area contributed by atoms with Crippen molar-refractivity contribution in [2.45, 2.75) is 101 Å². The van der Waals surface area contributed by atoms with Crippen LogP contribution >= 0.6 is 0 Å². The fourth-order valence-electron chi connectivity index (χ4n) is 9.04. The topological polar surface area (TPSA) is 73.4 Å². The van der Waals surface area contributed by atoms with Crippen LogP contribution in [0.4, 0.5) is 4.79 Å². The van der Waals surface area contributed by atoms with E-state index < -0.39 is 11.6 Å². The van der Waals surface area contributed by atoms with E-state index >= 15 is 0 Å². The molecule has 0 saturated heterocycles. The van der Waals surface area contributed by atoms with Crippen molar-refractivity contribution in [3.8, 4) is 0 Å². The Balaban J connectivity index is 0.969. The molecule has 0 unspecified atom stereocenters. The third-order valence-corrected chi connectivity index (χ3v) is 10.7. The van der Waals surface area contributed by atoms with Gasteiger partial charge in [-0.25, -0.2) is 4.79 Å². The molecule has 0 aromatic heterocycles. The van der Waals surface area contributed by atoms with Crippen molar-refractivity contribution < 1.29 is 9.90 Å². The molecule has 39 heavy (non-hydrogen) atoms. The maximum atomic E-state index is 13.0. The van der Waals surface area contributed by atoms with E-state index in [1.54, 1.807) is 0 Å². The second-order valence-corrected chi connectivity index (χ2v) is 13.5. The van der Waals surface area contributed by atoms with Crippen LogP contribution in [0.5, 0.6) is 0 Å². The number of amides is 2. The molecule has 5 fully saturated rings. The Bertz CT molecular complexity index is 1020. The van der Waals surface area contributed by atoms with Gasteiger partial charge in [-0.15, -0.1) is 0 Å². The standard InChI is InChI=1S/C34H47N3O2/c1-24(34(39,29-8-4-2-5-9-29)30-10-6-3-7-11-30)36-32(38)37-31-14-12-25(13-15-31)16-17-35-33-21-26-18-27(22-33)20-28(19-26)23-33/h2-11,24-28,31,35,39H,12-23H2,1H3,(H2,36,37,38)/t24-,25?,26?,27?,28?,31?,33?/m0/s1. The van der Waals surface area contributed by atoms with Crippen molar-refractivity contribution in [3.63, 3.8) is 0 Å². The molecule has 1 atom stereocenters. The van der Waals surface area contributed by atoms with Crippen LogP contribution in [0.15, 0.2) is 60.7 Å². The summed E-state index contributed by atoms with van der Waals surface area (Å²) in [6.45, 7) is 3.04. The number of aliphatic hydroxyl groups is 1. The number of benzene rings is 2. The molecule has 0 spiro atoms. The lowest BCUT2D eigenvalue weighted by molar-refractivity contribution is -0.0202. The second kappa shape index (κ2) is 11.2. The summed E-state index contributed by atoms with van der Waals surface area (Å²) in [7, 11) is 0. The average Bonchev–Trinajstić information content (AvgIpc) is 2.93. The minimum absolute atomic E-state index is 0.195. The first-order chi connectivity index (χ1) is 18.9. The molecular formula is C34H47N3O2. The lowest BCUT2D eigenvalue weighted by atomic mass is 9.53. The molecule has 5 aliphatic rings. The van der Waals surface area contributed by atoms with Gasteiger partial charge in [-0.1, -0.05) is 60.7 Å². The molecule has 210 valence electrons. The normalized spacial score (nSPS) is 32.5. The predicted molar refractivity (Wildman–Crippen MR) is 156 cm³/mol. The molecule has 5 aliphatic carbocycles. The van der Waals surface area contributed by atoms with E-state index in [-0.39, 0.29) is 12.1 Å². The fourth-order valence-corrected chi connectivity index (χ4v) is 9.04. The van der Waals surface area contributed by atoms with Crippen molar-refractivity contribution in [2.75, 3.05) is 6.54 Å². The van der Waals surface area contributed by atoms with Gasteiger partial charge in [0.1, 0.15) is 5.60 Å². The van der Waals surface area contributed by atoms with Crippen LogP contribution in [0.25, 0.3) is 0 Å². The molecule has 0 heterocycles. The van der Waals surface area contributed by atoms with Crippen LogP contribution in [0.3, 0.4) is 0 Å². The van der Waals surface area contributed by atoms with E-state index in [0.717, 1.165) is 54.2 Å². The van der Waals surface area contributed by atoms with Crippen molar-refractivity contribution in [1.29, 1.82) is 0 Å². The highest BCUT2D eigenvalue weighted by Crippen LogP contribution is 2.55. The zero-order chi connectivity index (χ0) is 26.9. The highest BCUT2D eigenvalue weighted by molar-refractivity contribution is 5.75. The van der Waals surface area contributed by atoms with Gasteiger partial charge in [0.15, 0.2) is 0 Å². The molecule has 0 radical (unpaired) electrons. The fraction of sp³-hybridized carbons (Fsp3) is 0.618. The number of carbonyl (C=O) groups excluding carboxylic acids is 1. The first-order valence-corrected chi connectivity index (χ1v) is 15.6. The molecule has 2 aromatic rings. The first kappa shape index (κ1) is 26.8. The minimum atomic E-state index is -1.32. The Kier molecular flexibility index (Phi) is 7.74. The molecule has 5 heteroatoms. The Morgan fingerprint density at radius 2 is 1.38 bits per heavy atom. The van der Waals surface area contributed by atoms with Gasteiger partial charge in [-0.3, -0.25) is 0 Å². The van der Waals surface area contributed by atoms with Gasteiger partial charge >= 0.3 is 6.03 Å². The Hall–Kier alpha value is -2.37. The van der Waals surface area contributed by atoms with Gasteiger partial charge in [0.2, 0.25) is 0 Å².